The number of hydrogen-bond acceptors (Lipinski definition) is 2. The van der Waals surface area contributed by atoms with Gasteiger partial charge in [0, 0.05) is 13.2 Å². The second-order valence-corrected chi connectivity index (χ2v) is 3.41. The van der Waals surface area contributed by atoms with Gasteiger partial charge in [0.25, 0.3) is 0 Å². The molecule has 0 aliphatic carbocycles. The van der Waals surface area contributed by atoms with Crippen LogP contribution in [0.25, 0.3) is 0 Å². The lowest BCUT2D eigenvalue weighted by atomic mass is 9.97. The number of hydrogen-bond donors (Lipinski definition) is 2. The predicted molar refractivity (Wildman–Crippen MR) is 51.0 cm³/mol. The molecule has 0 aromatic carbocycles. The standard InChI is InChI=1S/C10H22O2/c1-2-3-6-10(9-12)7-4-5-8-11/h10-12H,2-9H2,1H3. The second kappa shape index (κ2) is 9.01. The van der Waals surface area contributed by atoms with Crippen molar-refractivity contribution in [3.63, 3.8) is 0 Å². The molecule has 0 aliphatic rings. The van der Waals surface area contributed by atoms with Crippen molar-refractivity contribution >= 4 is 0 Å². The number of aliphatic hydroxyl groups excluding tert-OH is 2. The zero-order valence-corrected chi connectivity index (χ0v) is 8.13. The molecule has 0 bridgehead atoms. The molecule has 0 saturated carbocycles. The predicted octanol–water partition coefficient (Wildman–Crippen LogP) is 1.95. The molecule has 2 nitrogen and oxygen atoms in total. The monoisotopic (exact) mass is 174 g/mol. The van der Waals surface area contributed by atoms with Gasteiger partial charge in [-0.05, 0) is 25.2 Å². The van der Waals surface area contributed by atoms with Gasteiger partial charge in [0.15, 0.2) is 0 Å². The van der Waals surface area contributed by atoms with Gasteiger partial charge in [-0.15, -0.1) is 0 Å². The fourth-order valence-corrected chi connectivity index (χ4v) is 1.36. The van der Waals surface area contributed by atoms with Crippen LogP contribution >= 0.6 is 0 Å². The summed E-state index contributed by atoms with van der Waals surface area (Å²) in [5, 5.41) is 17.6. The normalized spacial score (nSPS) is 13.2. The quantitative estimate of drug-likeness (QED) is 0.552. The van der Waals surface area contributed by atoms with Crippen molar-refractivity contribution in [3.8, 4) is 0 Å². The Labute approximate surface area is 75.6 Å². The summed E-state index contributed by atoms with van der Waals surface area (Å²) in [6.45, 7) is 2.76. The Bertz CT molecular complexity index is 83.9. The third-order valence-electron chi connectivity index (χ3n) is 2.24. The SMILES string of the molecule is CCCCC(CO)CCCCO. The van der Waals surface area contributed by atoms with Crippen LogP contribution in [0.3, 0.4) is 0 Å². The van der Waals surface area contributed by atoms with Crippen molar-refractivity contribution in [3.05, 3.63) is 0 Å². The summed E-state index contributed by atoms with van der Waals surface area (Å²) in [4.78, 5) is 0. The minimum Gasteiger partial charge on any atom is -0.396 e. The third kappa shape index (κ3) is 6.62. The van der Waals surface area contributed by atoms with E-state index in [0.717, 1.165) is 25.7 Å². The fraction of sp³-hybridized carbons (Fsp3) is 1.00. The average molecular weight is 174 g/mol. The highest BCUT2D eigenvalue weighted by atomic mass is 16.3. The largest absolute Gasteiger partial charge is 0.396 e. The molecule has 0 fully saturated rings. The smallest absolute Gasteiger partial charge is 0.0459 e. The summed E-state index contributed by atoms with van der Waals surface area (Å²) in [5.41, 5.74) is 0. The van der Waals surface area contributed by atoms with E-state index in [2.05, 4.69) is 6.92 Å². The minimum absolute atomic E-state index is 0.284. The van der Waals surface area contributed by atoms with Crippen LogP contribution in [0.15, 0.2) is 0 Å². The zero-order valence-electron chi connectivity index (χ0n) is 8.13. The van der Waals surface area contributed by atoms with E-state index >= 15 is 0 Å². The Balaban J connectivity index is 3.26. The van der Waals surface area contributed by atoms with Crippen LogP contribution in [0.5, 0.6) is 0 Å². The highest BCUT2D eigenvalue weighted by Crippen LogP contribution is 2.14. The molecule has 2 N–H and O–H groups in total. The topological polar surface area (TPSA) is 40.5 Å². The van der Waals surface area contributed by atoms with Crippen molar-refractivity contribution in [2.24, 2.45) is 5.92 Å². The van der Waals surface area contributed by atoms with E-state index < -0.39 is 0 Å². The molecule has 0 aromatic heterocycles. The summed E-state index contributed by atoms with van der Waals surface area (Å²) in [6, 6.07) is 0. The van der Waals surface area contributed by atoms with Crippen molar-refractivity contribution in [2.75, 3.05) is 13.2 Å². The molecular formula is C10H22O2. The Morgan fingerprint density at radius 3 is 2.17 bits per heavy atom. The van der Waals surface area contributed by atoms with Crippen LogP contribution in [-0.4, -0.2) is 23.4 Å². The van der Waals surface area contributed by atoms with E-state index in [-0.39, 0.29) is 6.61 Å². The van der Waals surface area contributed by atoms with E-state index in [1.54, 1.807) is 0 Å². The van der Waals surface area contributed by atoms with Crippen molar-refractivity contribution in [2.45, 2.75) is 45.4 Å². The molecule has 0 amide bonds. The fourth-order valence-electron chi connectivity index (χ4n) is 1.36. The molecule has 0 aromatic rings. The molecule has 0 radical (unpaired) electrons. The summed E-state index contributed by atoms with van der Waals surface area (Å²) in [5.74, 6) is 0.469. The maximum Gasteiger partial charge on any atom is 0.0459 e. The van der Waals surface area contributed by atoms with E-state index in [0.29, 0.717) is 12.5 Å². The van der Waals surface area contributed by atoms with Crippen LogP contribution in [0, 0.1) is 5.92 Å². The van der Waals surface area contributed by atoms with Crippen molar-refractivity contribution < 1.29 is 10.2 Å². The van der Waals surface area contributed by atoms with Crippen LogP contribution in [0.1, 0.15) is 45.4 Å². The van der Waals surface area contributed by atoms with Gasteiger partial charge in [0.05, 0.1) is 0 Å². The first-order valence-corrected chi connectivity index (χ1v) is 5.06. The van der Waals surface area contributed by atoms with Crippen LogP contribution in [0.4, 0.5) is 0 Å². The zero-order chi connectivity index (χ0) is 9.23. The third-order valence-corrected chi connectivity index (χ3v) is 2.24. The summed E-state index contributed by atoms with van der Waals surface area (Å²) >= 11 is 0. The second-order valence-electron chi connectivity index (χ2n) is 3.41. The first-order valence-electron chi connectivity index (χ1n) is 5.06. The Morgan fingerprint density at radius 1 is 1.00 bits per heavy atom. The summed E-state index contributed by atoms with van der Waals surface area (Å²) in [6.07, 6.45) is 6.55. The average Bonchev–Trinajstić information content (AvgIpc) is 2.11. The highest BCUT2D eigenvalue weighted by Gasteiger charge is 2.05. The maximum atomic E-state index is 8.99. The van der Waals surface area contributed by atoms with Gasteiger partial charge in [0.2, 0.25) is 0 Å². The molecule has 0 aliphatic heterocycles. The number of aliphatic hydroxyl groups is 2. The lowest BCUT2D eigenvalue weighted by Crippen LogP contribution is -2.06. The molecule has 1 unspecified atom stereocenters. The lowest BCUT2D eigenvalue weighted by molar-refractivity contribution is 0.200. The lowest BCUT2D eigenvalue weighted by Gasteiger charge is -2.12. The molecule has 2 heteroatoms. The first kappa shape index (κ1) is 11.9. The summed E-state index contributed by atoms with van der Waals surface area (Å²) < 4.78 is 0. The molecule has 0 saturated heterocycles. The molecule has 12 heavy (non-hydrogen) atoms. The van der Waals surface area contributed by atoms with Crippen molar-refractivity contribution in [1.82, 2.24) is 0 Å². The first-order chi connectivity index (χ1) is 5.85. The van der Waals surface area contributed by atoms with Gasteiger partial charge in [0.1, 0.15) is 0 Å². The molecule has 74 valence electrons. The number of rotatable bonds is 8. The maximum absolute atomic E-state index is 8.99. The molecule has 0 rings (SSSR count). The number of unbranched alkanes of at least 4 members (excludes halogenated alkanes) is 2. The van der Waals surface area contributed by atoms with E-state index in [9.17, 15) is 0 Å². The highest BCUT2D eigenvalue weighted by molar-refractivity contribution is 4.57. The summed E-state index contributed by atoms with van der Waals surface area (Å²) in [7, 11) is 0. The molecular weight excluding hydrogens is 152 g/mol. The molecule has 0 spiro atoms. The Kier molecular flexibility index (Phi) is 8.95. The van der Waals surface area contributed by atoms with Gasteiger partial charge < -0.3 is 10.2 Å². The van der Waals surface area contributed by atoms with Crippen LogP contribution in [0.2, 0.25) is 0 Å². The van der Waals surface area contributed by atoms with Gasteiger partial charge in [-0.25, -0.2) is 0 Å². The Morgan fingerprint density at radius 2 is 1.67 bits per heavy atom. The van der Waals surface area contributed by atoms with Crippen LogP contribution in [-0.2, 0) is 0 Å². The minimum atomic E-state index is 0.284. The van der Waals surface area contributed by atoms with E-state index in [1.807, 2.05) is 0 Å². The van der Waals surface area contributed by atoms with Gasteiger partial charge in [-0.2, -0.15) is 0 Å². The van der Waals surface area contributed by atoms with E-state index in [1.165, 1.54) is 12.8 Å². The van der Waals surface area contributed by atoms with Gasteiger partial charge in [-0.1, -0.05) is 26.2 Å². The van der Waals surface area contributed by atoms with Gasteiger partial charge >= 0.3 is 0 Å². The van der Waals surface area contributed by atoms with E-state index in [4.69, 9.17) is 10.2 Å². The Hall–Kier alpha value is -0.0800. The van der Waals surface area contributed by atoms with Gasteiger partial charge in [-0.3, -0.25) is 0 Å². The molecule has 1 atom stereocenters. The van der Waals surface area contributed by atoms with Crippen molar-refractivity contribution in [1.29, 1.82) is 0 Å². The molecule has 0 heterocycles. The van der Waals surface area contributed by atoms with Crippen LogP contribution < -0.4 is 0 Å².